The molecule has 1 fully saturated rings. The van der Waals surface area contributed by atoms with Crippen molar-refractivity contribution in [2.45, 2.75) is 45.3 Å². The number of anilines is 1. The lowest BCUT2D eigenvalue weighted by Crippen LogP contribution is -2.45. The third-order valence-corrected chi connectivity index (χ3v) is 8.40. The Morgan fingerprint density at radius 3 is 2.27 bits per heavy atom. The molecule has 1 aromatic heterocycles. The van der Waals surface area contributed by atoms with Crippen molar-refractivity contribution >= 4 is 52.1 Å². The summed E-state index contributed by atoms with van der Waals surface area (Å²) in [7, 11) is 1.84. The number of esters is 1. The van der Waals surface area contributed by atoms with Gasteiger partial charge in [0.1, 0.15) is 12.1 Å². The van der Waals surface area contributed by atoms with Gasteiger partial charge < -0.3 is 19.4 Å². The monoisotopic (exact) mass is 601 g/mol. The fourth-order valence-electron chi connectivity index (χ4n) is 4.89. The van der Waals surface area contributed by atoms with Gasteiger partial charge in [-0.05, 0) is 98.4 Å². The third kappa shape index (κ3) is 8.23. The molecule has 4 rings (SSSR count). The summed E-state index contributed by atoms with van der Waals surface area (Å²) in [6.07, 6.45) is 2.34. The molecule has 0 saturated carbocycles. The molecule has 2 aromatic carbocycles. The van der Waals surface area contributed by atoms with Gasteiger partial charge in [0.15, 0.2) is 0 Å². The highest BCUT2D eigenvalue weighted by atomic mass is 35.5. The molecular formula is C31H37Cl2N3O3S. The van der Waals surface area contributed by atoms with E-state index >= 15 is 0 Å². The maximum atomic E-state index is 13.8. The molecule has 214 valence electrons. The number of carbonyl (C=O) groups excluding carboxylic acids is 2. The van der Waals surface area contributed by atoms with E-state index in [1.807, 2.05) is 27.8 Å². The van der Waals surface area contributed by atoms with Crippen LogP contribution in [-0.2, 0) is 14.3 Å². The van der Waals surface area contributed by atoms with Gasteiger partial charge in [0.25, 0.3) is 0 Å². The number of rotatable bonds is 10. The minimum atomic E-state index is -0.642. The van der Waals surface area contributed by atoms with E-state index < -0.39 is 11.6 Å². The molecule has 6 nitrogen and oxygen atoms in total. The van der Waals surface area contributed by atoms with E-state index in [2.05, 4.69) is 46.0 Å². The lowest BCUT2D eigenvalue weighted by molar-refractivity contribution is -0.153. The molecule has 0 bridgehead atoms. The van der Waals surface area contributed by atoms with Gasteiger partial charge in [-0.2, -0.15) is 11.3 Å². The molecule has 0 spiro atoms. The highest BCUT2D eigenvalue weighted by Gasteiger charge is 2.28. The van der Waals surface area contributed by atoms with Crippen molar-refractivity contribution in [1.29, 1.82) is 0 Å². The van der Waals surface area contributed by atoms with Crippen molar-refractivity contribution in [2.24, 2.45) is 0 Å². The van der Waals surface area contributed by atoms with Crippen molar-refractivity contribution in [3.8, 4) is 11.1 Å². The SMILES string of the molecule is CN(C(=O)CN(CC(=O)OC(C)(C)C)c1ccc(Cl)c(Cl)c1)C(CN1CCCC1)c1ccc(-c2ccsc2)cc1. The van der Waals surface area contributed by atoms with Gasteiger partial charge in [0.05, 0.1) is 22.6 Å². The average Bonchev–Trinajstić information content (AvgIpc) is 3.62. The zero-order valence-corrected chi connectivity index (χ0v) is 25.9. The Bertz CT molecular complexity index is 1290. The number of halogens is 2. The number of carbonyl (C=O) groups is 2. The molecule has 1 saturated heterocycles. The summed E-state index contributed by atoms with van der Waals surface area (Å²) < 4.78 is 5.56. The maximum Gasteiger partial charge on any atom is 0.326 e. The lowest BCUT2D eigenvalue weighted by atomic mass is 10.0. The highest BCUT2D eigenvalue weighted by molar-refractivity contribution is 7.08. The number of benzene rings is 2. The smallest absolute Gasteiger partial charge is 0.326 e. The number of likely N-dealkylation sites (N-methyl/N-ethyl adjacent to an activating group) is 1. The second-order valence-corrected chi connectivity index (χ2v) is 12.8. The van der Waals surface area contributed by atoms with Gasteiger partial charge in [-0.25, -0.2) is 0 Å². The van der Waals surface area contributed by atoms with Crippen LogP contribution < -0.4 is 4.90 Å². The van der Waals surface area contributed by atoms with Gasteiger partial charge in [-0.3, -0.25) is 9.59 Å². The Morgan fingerprint density at radius 2 is 1.68 bits per heavy atom. The van der Waals surface area contributed by atoms with Gasteiger partial charge in [0.2, 0.25) is 5.91 Å². The van der Waals surface area contributed by atoms with Crippen molar-refractivity contribution < 1.29 is 14.3 Å². The maximum absolute atomic E-state index is 13.8. The molecule has 40 heavy (non-hydrogen) atoms. The average molecular weight is 603 g/mol. The molecule has 1 unspecified atom stereocenters. The second kappa shape index (κ2) is 13.4. The summed E-state index contributed by atoms with van der Waals surface area (Å²) >= 11 is 14.1. The Kier molecular flexibility index (Phi) is 10.2. The second-order valence-electron chi connectivity index (χ2n) is 11.2. The van der Waals surface area contributed by atoms with Crippen LogP contribution in [0, 0.1) is 0 Å². The molecule has 0 N–H and O–H groups in total. The van der Waals surface area contributed by atoms with Crippen LogP contribution in [0.15, 0.2) is 59.3 Å². The van der Waals surface area contributed by atoms with E-state index in [4.69, 9.17) is 27.9 Å². The summed E-state index contributed by atoms with van der Waals surface area (Å²) in [4.78, 5) is 32.6. The van der Waals surface area contributed by atoms with E-state index in [0.717, 1.165) is 30.8 Å². The van der Waals surface area contributed by atoms with Crippen molar-refractivity contribution in [3.63, 3.8) is 0 Å². The van der Waals surface area contributed by atoms with Crippen LogP contribution in [-0.4, -0.2) is 67.0 Å². The highest BCUT2D eigenvalue weighted by Crippen LogP contribution is 2.30. The van der Waals surface area contributed by atoms with Gasteiger partial charge in [-0.15, -0.1) is 0 Å². The first-order chi connectivity index (χ1) is 19.0. The van der Waals surface area contributed by atoms with Gasteiger partial charge >= 0.3 is 5.97 Å². The summed E-state index contributed by atoms with van der Waals surface area (Å²) in [6, 6.07) is 15.6. The quantitative estimate of drug-likeness (QED) is 0.231. The number of hydrogen-bond acceptors (Lipinski definition) is 6. The molecule has 0 aliphatic carbocycles. The predicted molar refractivity (Wildman–Crippen MR) is 165 cm³/mol. The summed E-state index contributed by atoms with van der Waals surface area (Å²) in [6.45, 7) is 8.15. The standard InChI is InChI=1S/C31H37Cl2N3O3S/c1-31(2,3)39-30(38)20-36(25-11-12-26(32)27(33)17-25)19-29(37)34(4)28(18-35-14-5-6-15-35)23-9-7-22(8-10-23)24-13-16-40-21-24/h7-13,16-17,21,28H,5-6,14-15,18-20H2,1-4H3. The first kappa shape index (κ1) is 30.4. The topological polar surface area (TPSA) is 53.1 Å². The van der Waals surface area contributed by atoms with E-state index in [-0.39, 0.29) is 25.0 Å². The zero-order chi connectivity index (χ0) is 28.9. The summed E-state index contributed by atoms with van der Waals surface area (Å²) in [5.74, 6) is -0.535. The summed E-state index contributed by atoms with van der Waals surface area (Å²) in [5, 5.41) is 4.96. The zero-order valence-electron chi connectivity index (χ0n) is 23.5. The van der Waals surface area contributed by atoms with Gasteiger partial charge in [-0.1, -0.05) is 47.5 Å². The Labute approximate surface area is 251 Å². The van der Waals surface area contributed by atoms with Crippen LogP contribution in [0.1, 0.15) is 45.2 Å². The van der Waals surface area contributed by atoms with E-state index in [0.29, 0.717) is 15.7 Å². The molecule has 0 radical (unpaired) electrons. The number of ether oxygens (including phenoxy) is 1. The van der Waals surface area contributed by atoms with E-state index in [1.165, 1.54) is 18.4 Å². The molecule has 1 aliphatic heterocycles. The van der Waals surface area contributed by atoms with Crippen molar-refractivity contribution in [3.05, 3.63) is 74.9 Å². The Balaban J connectivity index is 1.57. The largest absolute Gasteiger partial charge is 0.459 e. The van der Waals surface area contributed by atoms with E-state index in [1.54, 1.807) is 39.3 Å². The molecule has 1 aliphatic rings. The van der Waals surface area contributed by atoms with E-state index in [9.17, 15) is 9.59 Å². The Hall–Kier alpha value is -2.58. The molecular weight excluding hydrogens is 565 g/mol. The number of nitrogens with zero attached hydrogens (tertiary/aromatic N) is 3. The van der Waals surface area contributed by atoms with Crippen LogP contribution in [0.3, 0.4) is 0 Å². The van der Waals surface area contributed by atoms with Crippen LogP contribution >= 0.6 is 34.5 Å². The van der Waals surface area contributed by atoms with Gasteiger partial charge in [0, 0.05) is 19.3 Å². The summed E-state index contributed by atoms with van der Waals surface area (Å²) in [5.41, 5.74) is 3.41. The molecule has 9 heteroatoms. The van der Waals surface area contributed by atoms with Crippen molar-refractivity contribution in [1.82, 2.24) is 9.80 Å². The fraction of sp³-hybridized carbons (Fsp3) is 0.419. The minimum absolute atomic E-state index is 0.0167. The number of hydrogen-bond donors (Lipinski definition) is 0. The number of amides is 1. The lowest BCUT2D eigenvalue weighted by Gasteiger charge is -2.34. The molecule has 1 amide bonds. The molecule has 3 aromatic rings. The van der Waals surface area contributed by atoms with Crippen LogP contribution in [0.5, 0.6) is 0 Å². The first-order valence-electron chi connectivity index (χ1n) is 13.5. The number of likely N-dealkylation sites (tertiary alicyclic amines) is 1. The van der Waals surface area contributed by atoms with Crippen LogP contribution in [0.2, 0.25) is 10.0 Å². The molecule has 1 atom stereocenters. The fourth-order valence-corrected chi connectivity index (χ4v) is 5.84. The van der Waals surface area contributed by atoms with Crippen LogP contribution in [0.4, 0.5) is 5.69 Å². The normalized spacial score (nSPS) is 14.7. The third-order valence-electron chi connectivity index (χ3n) is 6.98. The molecule has 2 heterocycles. The predicted octanol–water partition coefficient (Wildman–Crippen LogP) is 7.17. The minimum Gasteiger partial charge on any atom is -0.459 e. The first-order valence-corrected chi connectivity index (χ1v) is 15.2. The Morgan fingerprint density at radius 1 is 0.975 bits per heavy atom. The van der Waals surface area contributed by atoms with Crippen molar-refractivity contribution in [2.75, 3.05) is 44.7 Å². The van der Waals surface area contributed by atoms with Crippen LogP contribution in [0.25, 0.3) is 11.1 Å². The number of thiophene rings is 1.